The molecule has 0 saturated heterocycles. The third-order valence-corrected chi connectivity index (χ3v) is 7.44. The van der Waals surface area contributed by atoms with Crippen molar-refractivity contribution in [1.82, 2.24) is 5.43 Å². The van der Waals surface area contributed by atoms with E-state index in [1.165, 1.54) is 37.5 Å². The second kappa shape index (κ2) is 13.5. The van der Waals surface area contributed by atoms with Gasteiger partial charge < -0.3 is 9.47 Å². The summed E-state index contributed by atoms with van der Waals surface area (Å²) < 4.78 is 37.1. The van der Waals surface area contributed by atoms with E-state index in [1.54, 1.807) is 66.4 Å². The fourth-order valence-corrected chi connectivity index (χ4v) is 4.48. The van der Waals surface area contributed by atoms with Crippen molar-refractivity contribution in [3.05, 3.63) is 90.0 Å². The monoisotopic (exact) mass is 541 g/mol. The molecule has 3 aromatic rings. The summed E-state index contributed by atoms with van der Waals surface area (Å²) in [6.07, 6.45) is 3.40. The lowest BCUT2D eigenvalue weighted by Crippen LogP contribution is -2.26. The third-order valence-electron chi connectivity index (χ3n) is 5.06. The highest BCUT2D eigenvalue weighted by Crippen LogP contribution is 2.22. The molecule has 11 heteroatoms. The molecule has 0 aliphatic heterocycles. The maximum atomic E-state index is 12.8. The molecule has 194 valence electrons. The highest BCUT2D eigenvalue weighted by Gasteiger charge is 2.21. The number of rotatable bonds is 12. The number of ether oxygens (including phenoxy) is 2. The normalized spacial score (nSPS) is 11.2. The molecule has 3 rings (SSSR count). The molecule has 0 atom stereocenters. The Morgan fingerprint density at radius 1 is 1.00 bits per heavy atom. The molecule has 0 heterocycles. The molecule has 0 spiro atoms. The first-order chi connectivity index (χ1) is 17.8. The number of nitrogens with one attached hydrogen (secondary N) is 1. The number of carbonyl (C=O) groups excluding carboxylic acids is 2. The zero-order valence-corrected chi connectivity index (χ0v) is 22.0. The van der Waals surface area contributed by atoms with Crippen molar-refractivity contribution in [2.24, 2.45) is 5.10 Å². The summed E-state index contributed by atoms with van der Waals surface area (Å²) in [4.78, 5) is 24.2. The molecule has 0 bridgehead atoms. The average molecular weight is 542 g/mol. The SMILES string of the molecule is CSCCOC(=O)COc1ccc(C=NNC(=O)c2ccc(N(C)S(=O)(=O)c3ccccc3)cc2)cc1. The highest BCUT2D eigenvalue weighted by molar-refractivity contribution is 7.98. The largest absolute Gasteiger partial charge is 0.482 e. The Morgan fingerprint density at radius 2 is 1.68 bits per heavy atom. The summed E-state index contributed by atoms with van der Waals surface area (Å²) in [5.41, 5.74) is 3.88. The summed E-state index contributed by atoms with van der Waals surface area (Å²) in [7, 11) is -2.25. The lowest BCUT2D eigenvalue weighted by atomic mass is 10.2. The van der Waals surface area contributed by atoms with Gasteiger partial charge in [0.15, 0.2) is 6.61 Å². The average Bonchev–Trinajstić information content (AvgIpc) is 2.93. The predicted octanol–water partition coefficient (Wildman–Crippen LogP) is 3.56. The number of hydrogen-bond acceptors (Lipinski definition) is 8. The first-order valence-corrected chi connectivity index (χ1v) is 14.0. The minimum Gasteiger partial charge on any atom is -0.482 e. The lowest BCUT2D eigenvalue weighted by molar-refractivity contribution is -0.145. The summed E-state index contributed by atoms with van der Waals surface area (Å²) in [5, 5.41) is 3.95. The quantitative estimate of drug-likeness (QED) is 0.161. The number of benzene rings is 3. The van der Waals surface area contributed by atoms with Crippen LogP contribution in [0.1, 0.15) is 15.9 Å². The molecule has 1 amide bonds. The predicted molar refractivity (Wildman–Crippen MR) is 145 cm³/mol. The molecule has 0 aliphatic carbocycles. The van der Waals surface area contributed by atoms with E-state index >= 15 is 0 Å². The van der Waals surface area contributed by atoms with Crippen LogP contribution in [0.3, 0.4) is 0 Å². The van der Waals surface area contributed by atoms with E-state index in [0.29, 0.717) is 29.2 Å². The van der Waals surface area contributed by atoms with Gasteiger partial charge in [-0.3, -0.25) is 9.10 Å². The number of amides is 1. The van der Waals surface area contributed by atoms with Crippen molar-refractivity contribution in [1.29, 1.82) is 0 Å². The van der Waals surface area contributed by atoms with Crippen LogP contribution in [0.5, 0.6) is 5.75 Å². The fraction of sp³-hybridized carbons (Fsp3) is 0.192. The summed E-state index contributed by atoms with van der Waals surface area (Å²) in [5.74, 6) is 0.358. The minimum atomic E-state index is -3.71. The maximum absolute atomic E-state index is 12.8. The van der Waals surface area contributed by atoms with Gasteiger partial charge in [-0.25, -0.2) is 18.6 Å². The van der Waals surface area contributed by atoms with Gasteiger partial charge in [-0.15, -0.1) is 0 Å². The van der Waals surface area contributed by atoms with Gasteiger partial charge >= 0.3 is 5.97 Å². The molecule has 0 fully saturated rings. The van der Waals surface area contributed by atoms with E-state index in [4.69, 9.17) is 9.47 Å². The van der Waals surface area contributed by atoms with E-state index in [9.17, 15) is 18.0 Å². The Hall–Kier alpha value is -3.83. The van der Waals surface area contributed by atoms with Crippen LogP contribution in [0.25, 0.3) is 0 Å². The second-order valence-corrected chi connectivity index (χ2v) is 10.6. The van der Waals surface area contributed by atoms with Crippen LogP contribution in [0.2, 0.25) is 0 Å². The van der Waals surface area contributed by atoms with Gasteiger partial charge in [0.25, 0.3) is 15.9 Å². The Balaban J connectivity index is 1.51. The number of nitrogens with zero attached hydrogens (tertiary/aromatic N) is 2. The van der Waals surface area contributed by atoms with Crippen LogP contribution in [-0.4, -0.2) is 58.8 Å². The van der Waals surface area contributed by atoms with E-state index < -0.39 is 21.9 Å². The van der Waals surface area contributed by atoms with Crippen LogP contribution in [0.15, 0.2) is 88.9 Å². The van der Waals surface area contributed by atoms with Gasteiger partial charge in [-0.1, -0.05) is 18.2 Å². The summed E-state index contributed by atoms with van der Waals surface area (Å²) in [6, 6.07) is 21.1. The van der Waals surface area contributed by atoms with Gasteiger partial charge in [-0.2, -0.15) is 16.9 Å². The van der Waals surface area contributed by atoms with E-state index in [-0.39, 0.29) is 11.5 Å². The molecule has 0 saturated carbocycles. The van der Waals surface area contributed by atoms with Crippen molar-refractivity contribution in [2.45, 2.75) is 4.90 Å². The molecule has 0 aromatic heterocycles. The van der Waals surface area contributed by atoms with Crippen LogP contribution in [-0.2, 0) is 19.6 Å². The Morgan fingerprint density at radius 3 is 2.32 bits per heavy atom. The number of anilines is 1. The zero-order chi connectivity index (χ0) is 26.7. The van der Waals surface area contributed by atoms with Crippen LogP contribution in [0.4, 0.5) is 5.69 Å². The van der Waals surface area contributed by atoms with Gasteiger partial charge in [0.05, 0.1) is 16.8 Å². The first-order valence-electron chi connectivity index (χ1n) is 11.2. The van der Waals surface area contributed by atoms with Crippen molar-refractivity contribution >= 4 is 45.6 Å². The van der Waals surface area contributed by atoms with Crippen molar-refractivity contribution in [3.8, 4) is 5.75 Å². The Bertz CT molecular complexity index is 1310. The Kier molecular flexibility index (Phi) is 10.1. The smallest absolute Gasteiger partial charge is 0.344 e. The molecule has 0 radical (unpaired) electrons. The number of sulfonamides is 1. The molecular formula is C26H27N3O6S2. The minimum absolute atomic E-state index is 0.176. The van der Waals surface area contributed by atoms with Crippen molar-refractivity contribution < 1.29 is 27.5 Å². The number of esters is 1. The standard InChI is InChI=1S/C26H27N3O6S2/c1-29(37(32,33)24-6-4-3-5-7-24)22-12-10-21(11-13-22)26(31)28-27-18-20-8-14-23(15-9-20)35-19-25(30)34-16-17-36-2/h3-15,18H,16-17,19H2,1-2H3,(H,28,31). The second-order valence-electron chi connectivity index (χ2n) is 7.60. The third kappa shape index (κ3) is 8.09. The zero-order valence-electron chi connectivity index (χ0n) is 20.4. The summed E-state index contributed by atoms with van der Waals surface area (Å²) >= 11 is 1.59. The van der Waals surface area contributed by atoms with E-state index in [1.807, 2.05) is 6.26 Å². The van der Waals surface area contributed by atoms with Gasteiger partial charge in [0.1, 0.15) is 12.4 Å². The number of carbonyl (C=O) groups is 2. The van der Waals surface area contributed by atoms with Gasteiger partial charge in [0.2, 0.25) is 0 Å². The maximum Gasteiger partial charge on any atom is 0.344 e. The van der Waals surface area contributed by atoms with Crippen LogP contribution >= 0.6 is 11.8 Å². The first kappa shape index (κ1) is 27.8. The summed E-state index contributed by atoms with van der Waals surface area (Å²) in [6.45, 7) is 0.173. The van der Waals surface area contributed by atoms with E-state index in [2.05, 4.69) is 10.5 Å². The number of hydrogen-bond donors (Lipinski definition) is 1. The Labute approximate surface area is 220 Å². The van der Waals surface area contributed by atoms with Crippen molar-refractivity contribution in [2.75, 3.05) is 36.6 Å². The molecule has 9 nitrogen and oxygen atoms in total. The molecular weight excluding hydrogens is 514 g/mol. The highest BCUT2D eigenvalue weighted by atomic mass is 32.2. The molecule has 0 aliphatic rings. The lowest BCUT2D eigenvalue weighted by Gasteiger charge is -2.19. The molecule has 37 heavy (non-hydrogen) atoms. The number of thioether (sulfide) groups is 1. The topological polar surface area (TPSA) is 114 Å². The van der Waals surface area contributed by atoms with E-state index in [0.717, 1.165) is 10.1 Å². The van der Waals surface area contributed by atoms with Crippen LogP contribution in [0, 0.1) is 0 Å². The van der Waals surface area contributed by atoms with Crippen molar-refractivity contribution in [3.63, 3.8) is 0 Å². The molecule has 0 unspecified atom stereocenters. The molecule has 1 N–H and O–H groups in total. The fourth-order valence-electron chi connectivity index (χ4n) is 3.01. The molecule has 3 aromatic carbocycles. The number of hydrazone groups is 1. The van der Waals surface area contributed by atoms with Crippen LogP contribution < -0.4 is 14.5 Å². The van der Waals surface area contributed by atoms with Gasteiger partial charge in [0, 0.05) is 18.4 Å². The van der Waals surface area contributed by atoms with Gasteiger partial charge in [-0.05, 0) is 72.5 Å².